The Morgan fingerprint density at radius 2 is 1.78 bits per heavy atom. The van der Waals surface area contributed by atoms with Gasteiger partial charge in [-0.1, -0.05) is 0 Å². The first-order valence-corrected chi connectivity index (χ1v) is 12.8. The van der Waals surface area contributed by atoms with Crippen LogP contribution in [0.15, 0.2) is 12.7 Å². The highest BCUT2D eigenvalue weighted by molar-refractivity contribution is 7.66. The summed E-state index contributed by atoms with van der Waals surface area (Å²) in [6.45, 7) is 0.367. The van der Waals surface area contributed by atoms with Gasteiger partial charge in [-0.25, -0.2) is 28.6 Å². The number of hydrogen-bond donors (Lipinski definition) is 7. The van der Waals surface area contributed by atoms with Crippen molar-refractivity contribution >= 4 is 40.4 Å². The van der Waals surface area contributed by atoms with Crippen molar-refractivity contribution in [3.8, 4) is 0 Å². The first kappa shape index (κ1) is 25.3. The van der Waals surface area contributed by atoms with Gasteiger partial charge in [0.15, 0.2) is 17.2 Å². The van der Waals surface area contributed by atoms with Crippen LogP contribution >= 0.6 is 23.5 Å². The SMILES string of the molecule is C[C@@]1(n2cnc3c(N)ncnc32)O[C@H](COP(=O)(O)OP(=O)(O)OP(=O)(O)O)[C@@H](O)[C@H]1O. The van der Waals surface area contributed by atoms with Crippen LogP contribution in [0.1, 0.15) is 6.92 Å². The second-order valence-electron chi connectivity index (χ2n) is 6.58. The molecular formula is C11H18N5O13P3. The van der Waals surface area contributed by atoms with E-state index in [9.17, 15) is 28.8 Å². The normalized spacial score (nSPS) is 30.3. The lowest BCUT2D eigenvalue weighted by Crippen LogP contribution is -2.43. The Balaban J connectivity index is 1.75. The number of nitrogens with two attached hydrogens (primary N) is 1. The topological polar surface area (TPSA) is 279 Å². The van der Waals surface area contributed by atoms with Crippen LogP contribution in [0.2, 0.25) is 0 Å². The van der Waals surface area contributed by atoms with Gasteiger partial charge in [0.05, 0.1) is 12.9 Å². The van der Waals surface area contributed by atoms with Crippen molar-refractivity contribution in [1.82, 2.24) is 19.5 Å². The molecule has 1 aliphatic heterocycles. The van der Waals surface area contributed by atoms with Crippen LogP contribution in [-0.4, -0.2) is 74.2 Å². The molecule has 0 aliphatic carbocycles. The standard InChI is InChI=1S/C11H18N5O13P3/c1-11(16-4-15-6-9(12)13-3-14-10(6)16)8(18)7(17)5(27-11)2-26-31(22,23)29-32(24,25)28-30(19,20)21/h3-5,7-8,17-18H,2H2,1H3,(H,22,23)(H,24,25)(H2,12,13,14)(H2,19,20,21)/t5-,7-,8-,11-/m1/s1. The van der Waals surface area contributed by atoms with Gasteiger partial charge in [0.25, 0.3) is 0 Å². The zero-order valence-corrected chi connectivity index (χ0v) is 18.5. The summed E-state index contributed by atoms with van der Waals surface area (Å²) in [5, 5.41) is 20.8. The molecule has 32 heavy (non-hydrogen) atoms. The summed E-state index contributed by atoms with van der Waals surface area (Å²) < 4.78 is 52.3. The number of aliphatic hydroxyl groups is 2. The fraction of sp³-hybridized carbons (Fsp3) is 0.545. The van der Waals surface area contributed by atoms with Crippen LogP contribution in [0, 0.1) is 0 Å². The number of aromatic nitrogens is 4. The third-order valence-corrected chi connectivity index (χ3v) is 8.10. The second-order valence-corrected chi connectivity index (χ2v) is 11.0. The first-order valence-electron chi connectivity index (χ1n) is 8.31. The van der Waals surface area contributed by atoms with Crippen molar-refractivity contribution in [1.29, 1.82) is 0 Å². The minimum Gasteiger partial charge on any atom is -0.387 e. The van der Waals surface area contributed by atoms with Gasteiger partial charge in [0.1, 0.15) is 30.2 Å². The first-order chi connectivity index (χ1) is 14.5. The molecule has 2 aromatic rings. The number of aliphatic hydroxyl groups excluding tert-OH is 2. The number of ether oxygens (including phenoxy) is 1. The molecule has 21 heteroatoms. The molecule has 1 fully saturated rings. The molecule has 1 aliphatic rings. The Bertz CT molecular complexity index is 1150. The van der Waals surface area contributed by atoms with Crippen LogP contribution in [0.4, 0.5) is 5.82 Å². The Kier molecular flexibility index (Phi) is 6.67. The summed E-state index contributed by atoms with van der Waals surface area (Å²) in [6.07, 6.45) is -2.51. The number of rotatable bonds is 8. The lowest BCUT2D eigenvalue weighted by atomic mass is 10.0. The van der Waals surface area contributed by atoms with E-state index in [-0.39, 0.29) is 17.0 Å². The fourth-order valence-electron chi connectivity index (χ4n) is 2.95. The minimum atomic E-state index is -5.71. The average Bonchev–Trinajstić information content (AvgIpc) is 3.14. The maximum Gasteiger partial charge on any atom is 0.490 e. The average molecular weight is 521 g/mol. The molecule has 3 rings (SSSR count). The maximum absolute atomic E-state index is 11.9. The van der Waals surface area contributed by atoms with E-state index in [1.54, 1.807) is 0 Å². The quantitative estimate of drug-likeness (QED) is 0.195. The molecule has 2 aromatic heterocycles. The zero-order valence-electron chi connectivity index (χ0n) is 15.8. The molecule has 0 amide bonds. The molecule has 3 heterocycles. The van der Waals surface area contributed by atoms with Gasteiger partial charge in [0.2, 0.25) is 0 Å². The molecule has 6 atom stereocenters. The van der Waals surface area contributed by atoms with Crippen LogP contribution < -0.4 is 5.73 Å². The number of nitrogen functional groups attached to an aromatic ring is 1. The van der Waals surface area contributed by atoms with Gasteiger partial charge >= 0.3 is 23.5 Å². The highest BCUT2D eigenvalue weighted by Gasteiger charge is 2.54. The van der Waals surface area contributed by atoms with Crippen LogP contribution in [0.25, 0.3) is 11.2 Å². The van der Waals surface area contributed by atoms with E-state index >= 15 is 0 Å². The van der Waals surface area contributed by atoms with E-state index in [0.717, 1.165) is 6.33 Å². The Morgan fingerprint density at radius 3 is 2.41 bits per heavy atom. The largest absolute Gasteiger partial charge is 0.490 e. The smallest absolute Gasteiger partial charge is 0.387 e. The Labute approximate surface area is 178 Å². The van der Waals surface area contributed by atoms with E-state index in [1.807, 2.05) is 0 Å². The van der Waals surface area contributed by atoms with Gasteiger partial charge in [-0.05, 0) is 6.92 Å². The third-order valence-electron chi connectivity index (χ3n) is 4.30. The number of fused-ring (bicyclic) bond motifs is 1. The van der Waals surface area contributed by atoms with E-state index < -0.39 is 54.1 Å². The number of phosphoric acid groups is 3. The molecule has 2 unspecified atom stereocenters. The number of nitrogens with zero attached hydrogens (tertiary/aromatic N) is 4. The van der Waals surface area contributed by atoms with Gasteiger partial charge in [0, 0.05) is 0 Å². The van der Waals surface area contributed by atoms with Gasteiger partial charge in [-0.15, -0.1) is 0 Å². The fourth-order valence-corrected chi connectivity index (χ4v) is 5.98. The van der Waals surface area contributed by atoms with Crippen molar-refractivity contribution in [2.24, 2.45) is 0 Å². The lowest BCUT2D eigenvalue weighted by Gasteiger charge is -2.29. The Morgan fingerprint density at radius 1 is 1.12 bits per heavy atom. The van der Waals surface area contributed by atoms with Gasteiger partial charge in [-0.3, -0.25) is 9.09 Å². The van der Waals surface area contributed by atoms with Crippen molar-refractivity contribution in [2.75, 3.05) is 12.3 Å². The molecule has 0 spiro atoms. The van der Waals surface area contributed by atoms with E-state index in [4.69, 9.17) is 25.2 Å². The van der Waals surface area contributed by atoms with E-state index in [1.165, 1.54) is 17.8 Å². The van der Waals surface area contributed by atoms with Crippen LogP contribution in [-0.2, 0) is 37.3 Å². The van der Waals surface area contributed by atoms with Crippen LogP contribution in [0.3, 0.4) is 0 Å². The predicted molar refractivity (Wildman–Crippen MR) is 100 cm³/mol. The molecule has 1 saturated heterocycles. The zero-order chi connectivity index (χ0) is 24.1. The Hall–Kier alpha value is -1.36. The van der Waals surface area contributed by atoms with E-state index in [2.05, 4.69) is 28.1 Å². The molecule has 0 aromatic carbocycles. The van der Waals surface area contributed by atoms with E-state index in [0.29, 0.717) is 0 Å². The van der Waals surface area contributed by atoms with Crippen molar-refractivity contribution in [2.45, 2.75) is 31.0 Å². The van der Waals surface area contributed by atoms with Crippen molar-refractivity contribution < 1.29 is 61.4 Å². The molecule has 0 saturated carbocycles. The summed E-state index contributed by atoms with van der Waals surface area (Å²) in [6, 6.07) is 0. The van der Waals surface area contributed by atoms with Crippen LogP contribution in [0.5, 0.6) is 0 Å². The maximum atomic E-state index is 11.9. The monoisotopic (exact) mass is 521 g/mol. The third kappa shape index (κ3) is 5.24. The van der Waals surface area contributed by atoms with Crippen molar-refractivity contribution in [3.05, 3.63) is 12.7 Å². The highest BCUT2D eigenvalue weighted by Crippen LogP contribution is 2.66. The second kappa shape index (κ2) is 8.45. The number of phosphoric ester groups is 1. The minimum absolute atomic E-state index is 0.0367. The number of hydrogen-bond acceptors (Lipinski definition) is 13. The molecule has 180 valence electrons. The van der Waals surface area contributed by atoms with Gasteiger partial charge in [-0.2, -0.15) is 8.62 Å². The summed E-state index contributed by atoms with van der Waals surface area (Å²) >= 11 is 0. The number of anilines is 1. The lowest BCUT2D eigenvalue weighted by molar-refractivity contribution is -0.131. The summed E-state index contributed by atoms with van der Waals surface area (Å²) in [4.78, 5) is 47.5. The van der Waals surface area contributed by atoms with Crippen molar-refractivity contribution in [3.63, 3.8) is 0 Å². The molecular weight excluding hydrogens is 503 g/mol. The molecule has 0 radical (unpaired) electrons. The summed E-state index contributed by atoms with van der Waals surface area (Å²) in [5.41, 5.74) is 4.30. The summed E-state index contributed by atoms with van der Waals surface area (Å²) in [7, 11) is -16.7. The summed E-state index contributed by atoms with van der Waals surface area (Å²) in [5.74, 6) is 0.0367. The molecule has 0 bridgehead atoms. The predicted octanol–water partition coefficient (Wildman–Crippen LogP) is -1.45. The van der Waals surface area contributed by atoms with Gasteiger partial charge < -0.3 is 40.3 Å². The number of imidazole rings is 1. The highest BCUT2D eigenvalue weighted by atomic mass is 31.3. The molecule has 8 N–H and O–H groups in total. The molecule has 18 nitrogen and oxygen atoms in total.